The third-order valence-corrected chi connectivity index (χ3v) is 8.12. The van der Waals surface area contributed by atoms with Gasteiger partial charge in [0.05, 0.1) is 10.5 Å². The second-order valence-corrected chi connectivity index (χ2v) is 10.0. The first-order chi connectivity index (χ1) is 14.8. The van der Waals surface area contributed by atoms with Gasteiger partial charge in [0.2, 0.25) is 5.91 Å². The van der Waals surface area contributed by atoms with E-state index in [2.05, 4.69) is 12.2 Å². The van der Waals surface area contributed by atoms with E-state index in [-0.39, 0.29) is 47.1 Å². The monoisotopic (exact) mass is 425 g/mol. The predicted octanol–water partition coefficient (Wildman–Crippen LogP) is 3.30. The highest BCUT2D eigenvalue weighted by Gasteiger charge is 2.53. The lowest BCUT2D eigenvalue weighted by Gasteiger charge is -2.59. The van der Waals surface area contributed by atoms with Crippen LogP contribution in [0.2, 0.25) is 0 Å². The maximum atomic E-state index is 12.7. The summed E-state index contributed by atoms with van der Waals surface area (Å²) in [5.41, 5.74) is -0.347. The predicted molar refractivity (Wildman–Crippen MR) is 111 cm³/mol. The molecule has 6 rings (SSSR count). The zero-order chi connectivity index (χ0) is 21.9. The largest absolute Gasteiger partial charge is 0.353 e. The lowest BCUT2D eigenvalue weighted by molar-refractivity contribution is -0.385. The highest BCUT2D eigenvalue weighted by Crippen LogP contribution is 2.61. The zero-order valence-corrected chi connectivity index (χ0v) is 17.6. The first-order valence-corrected chi connectivity index (χ1v) is 11.2. The average molecular weight is 425 g/mol. The Morgan fingerprint density at radius 1 is 1.16 bits per heavy atom. The highest BCUT2D eigenvalue weighted by molar-refractivity contribution is 6.23. The first-order valence-electron chi connectivity index (χ1n) is 11.2. The molecule has 1 N–H and O–H groups in total. The van der Waals surface area contributed by atoms with Crippen LogP contribution in [0.4, 0.5) is 5.69 Å². The van der Waals surface area contributed by atoms with Crippen LogP contribution >= 0.6 is 0 Å². The van der Waals surface area contributed by atoms with Gasteiger partial charge in [-0.3, -0.25) is 29.4 Å². The molecule has 164 valence electrons. The van der Waals surface area contributed by atoms with E-state index < -0.39 is 16.7 Å². The molecule has 5 aliphatic rings. The molecule has 4 fully saturated rings. The number of nitrogens with one attached hydrogen (secondary N) is 1. The first kappa shape index (κ1) is 20.2. The van der Waals surface area contributed by atoms with Crippen molar-refractivity contribution < 1.29 is 19.3 Å². The Kier molecular flexibility index (Phi) is 4.64. The summed E-state index contributed by atoms with van der Waals surface area (Å²) in [7, 11) is 0. The van der Waals surface area contributed by atoms with Crippen molar-refractivity contribution in [2.45, 2.75) is 57.9 Å². The fourth-order valence-electron chi connectivity index (χ4n) is 7.06. The van der Waals surface area contributed by atoms with Crippen LogP contribution in [0.25, 0.3) is 0 Å². The summed E-state index contributed by atoms with van der Waals surface area (Å²) in [5.74, 6) is 0.911. The summed E-state index contributed by atoms with van der Waals surface area (Å²) in [5, 5.41) is 14.4. The number of benzene rings is 1. The molecule has 8 heteroatoms. The van der Waals surface area contributed by atoms with E-state index in [9.17, 15) is 24.5 Å². The van der Waals surface area contributed by atoms with Crippen molar-refractivity contribution in [1.82, 2.24) is 10.2 Å². The lowest BCUT2D eigenvalue weighted by Crippen LogP contribution is -2.56. The summed E-state index contributed by atoms with van der Waals surface area (Å²) in [6, 6.07) is 4.09. The van der Waals surface area contributed by atoms with Crippen LogP contribution in [0.3, 0.4) is 0 Å². The SMILES string of the molecule is C[C@@H](NC(=O)CCN1C(=O)c2cccc([N+](=O)[O-])c2C1=O)C12CC3CC(CC(C3)C1)C2. The van der Waals surface area contributed by atoms with Crippen molar-refractivity contribution >= 4 is 23.4 Å². The van der Waals surface area contributed by atoms with E-state index in [1.807, 2.05) is 0 Å². The smallest absolute Gasteiger partial charge is 0.282 e. The van der Waals surface area contributed by atoms with E-state index in [0.717, 1.165) is 22.7 Å². The van der Waals surface area contributed by atoms with Gasteiger partial charge in [0, 0.05) is 25.1 Å². The van der Waals surface area contributed by atoms with Gasteiger partial charge in [-0.25, -0.2) is 0 Å². The van der Waals surface area contributed by atoms with Crippen molar-refractivity contribution in [3.8, 4) is 0 Å². The molecule has 4 saturated carbocycles. The maximum Gasteiger partial charge on any atom is 0.282 e. The number of nitrogens with zero attached hydrogens (tertiary/aromatic N) is 2. The molecule has 3 amide bonds. The molecule has 31 heavy (non-hydrogen) atoms. The molecule has 0 unspecified atom stereocenters. The molecule has 0 spiro atoms. The Labute approximate surface area is 180 Å². The van der Waals surface area contributed by atoms with Gasteiger partial charge in [-0.15, -0.1) is 0 Å². The third kappa shape index (κ3) is 3.23. The van der Waals surface area contributed by atoms with Crippen molar-refractivity contribution in [2.75, 3.05) is 6.54 Å². The summed E-state index contributed by atoms with van der Waals surface area (Å²) < 4.78 is 0. The molecule has 1 aromatic carbocycles. The molecule has 1 aromatic rings. The van der Waals surface area contributed by atoms with Crippen LogP contribution in [0.1, 0.15) is 72.6 Å². The van der Waals surface area contributed by atoms with Crippen LogP contribution < -0.4 is 5.32 Å². The molecule has 0 aromatic heterocycles. The third-order valence-electron chi connectivity index (χ3n) is 8.12. The molecule has 1 aliphatic heterocycles. The number of rotatable bonds is 6. The lowest BCUT2D eigenvalue weighted by atomic mass is 9.48. The van der Waals surface area contributed by atoms with E-state index in [4.69, 9.17) is 0 Å². The Bertz CT molecular complexity index is 952. The van der Waals surface area contributed by atoms with Crippen molar-refractivity contribution in [1.29, 1.82) is 0 Å². The Morgan fingerprint density at radius 3 is 2.35 bits per heavy atom. The van der Waals surface area contributed by atoms with Gasteiger partial charge in [-0.05, 0) is 74.7 Å². The van der Waals surface area contributed by atoms with Crippen LogP contribution in [-0.2, 0) is 4.79 Å². The minimum absolute atomic E-state index is 0.00400. The number of carbonyl (C=O) groups excluding carboxylic acids is 3. The highest BCUT2D eigenvalue weighted by atomic mass is 16.6. The Hall–Kier alpha value is -2.77. The van der Waals surface area contributed by atoms with Crippen molar-refractivity contribution in [2.24, 2.45) is 23.2 Å². The quantitative estimate of drug-likeness (QED) is 0.427. The number of nitro groups is 1. The Morgan fingerprint density at radius 2 is 1.77 bits per heavy atom. The van der Waals surface area contributed by atoms with Crippen LogP contribution in [0.5, 0.6) is 0 Å². The van der Waals surface area contributed by atoms with Gasteiger partial charge < -0.3 is 5.32 Å². The van der Waals surface area contributed by atoms with E-state index in [1.165, 1.54) is 56.7 Å². The summed E-state index contributed by atoms with van der Waals surface area (Å²) in [6.07, 6.45) is 7.56. The molecule has 0 radical (unpaired) electrons. The van der Waals surface area contributed by atoms with Gasteiger partial charge in [0.15, 0.2) is 0 Å². The van der Waals surface area contributed by atoms with Crippen molar-refractivity contribution in [3.05, 3.63) is 39.4 Å². The molecule has 0 saturated heterocycles. The van der Waals surface area contributed by atoms with E-state index >= 15 is 0 Å². The standard InChI is InChI=1S/C23H27N3O5/c1-13(23-10-14-7-15(11-23)9-16(8-14)12-23)24-19(27)5-6-25-21(28)17-3-2-4-18(26(30)31)20(17)22(25)29/h2-4,13-16H,5-12H2,1H3,(H,24,27)/t13-,14?,15?,16?,23?/m1/s1. The molecular formula is C23H27N3O5. The normalized spacial score (nSPS) is 31.6. The number of nitro benzene ring substituents is 1. The number of carbonyl (C=O) groups is 3. The van der Waals surface area contributed by atoms with Gasteiger partial charge in [0.25, 0.3) is 17.5 Å². The van der Waals surface area contributed by atoms with E-state index in [0.29, 0.717) is 0 Å². The van der Waals surface area contributed by atoms with Crippen LogP contribution in [0, 0.1) is 33.3 Å². The van der Waals surface area contributed by atoms with Crippen LogP contribution in [-0.4, -0.2) is 40.1 Å². The van der Waals surface area contributed by atoms with Crippen LogP contribution in [0.15, 0.2) is 18.2 Å². The molecule has 1 atom stereocenters. The number of fused-ring (bicyclic) bond motifs is 1. The zero-order valence-electron chi connectivity index (χ0n) is 17.6. The summed E-state index contributed by atoms with van der Waals surface area (Å²) in [6.45, 7) is 2.01. The van der Waals surface area contributed by atoms with E-state index in [1.54, 1.807) is 0 Å². The summed E-state index contributed by atoms with van der Waals surface area (Å²) in [4.78, 5) is 49.5. The Balaban J connectivity index is 1.22. The fourth-order valence-corrected chi connectivity index (χ4v) is 7.06. The topological polar surface area (TPSA) is 110 Å². The van der Waals surface area contributed by atoms with Gasteiger partial charge in [-0.2, -0.15) is 0 Å². The number of hydrogen-bond acceptors (Lipinski definition) is 5. The number of imide groups is 1. The molecule has 4 bridgehead atoms. The molecule has 8 nitrogen and oxygen atoms in total. The molecular weight excluding hydrogens is 398 g/mol. The second-order valence-electron chi connectivity index (χ2n) is 10.0. The number of hydrogen-bond donors (Lipinski definition) is 1. The second kappa shape index (κ2) is 7.14. The van der Waals surface area contributed by atoms with Gasteiger partial charge >= 0.3 is 0 Å². The minimum atomic E-state index is -0.700. The van der Waals surface area contributed by atoms with Gasteiger partial charge in [0.1, 0.15) is 5.56 Å². The van der Waals surface area contributed by atoms with Crippen molar-refractivity contribution in [3.63, 3.8) is 0 Å². The maximum absolute atomic E-state index is 12.7. The minimum Gasteiger partial charge on any atom is -0.353 e. The fraction of sp³-hybridized carbons (Fsp3) is 0.609. The summed E-state index contributed by atoms with van der Waals surface area (Å²) >= 11 is 0. The average Bonchev–Trinajstić information content (AvgIpc) is 2.95. The number of amides is 3. The molecule has 4 aliphatic carbocycles. The van der Waals surface area contributed by atoms with Gasteiger partial charge in [-0.1, -0.05) is 6.07 Å². The molecule has 1 heterocycles.